The Kier molecular flexibility index (Phi) is 6.08. The second-order valence-electron chi connectivity index (χ2n) is 4.49. The first-order chi connectivity index (χ1) is 9.86. The largest absolute Gasteiger partial charge is 0.480 e. The molecule has 2 N–H and O–H groups in total. The van der Waals surface area contributed by atoms with Crippen LogP contribution in [-0.4, -0.2) is 29.1 Å². The molecule has 0 spiro atoms. The number of alkyl halides is 2. The molecule has 5 nitrogen and oxygen atoms in total. The van der Waals surface area contributed by atoms with Crippen LogP contribution in [0.3, 0.4) is 0 Å². The van der Waals surface area contributed by atoms with Gasteiger partial charge in [-0.1, -0.05) is 43.7 Å². The Morgan fingerprint density at radius 2 is 1.95 bits per heavy atom. The van der Waals surface area contributed by atoms with Gasteiger partial charge in [-0.2, -0.15) is 0 Å². The smallest absolute Gasteiger partial charge is 0.408 e. The van der Waals surface area contributed by atoms with Crippen LogP contribution in [0.2, 0.25) is 0 Å². The van der Waals surface area contributed by atoms with Gasteiger partial charge in [-0.05, 0) is 5.56 Å². The van der Waals surface area contributed by atoms with Gasteiger partial charge in [-0.15, -0.1) is 0 Å². The maximum atomic E-state index is 13.6. The average Bonchev–Trinajstić information content (AvgIpc) is 2.43. The molecule has 0 unspecified atom stereocenters. The lowest BCUT2D eigenvalue weighted by Crippen LogP contribution is -2.52. The molecule has 0 bridgehead atoms. The standard InChI is InChI=1S/C14H17F2NO4/c1-2-8-14(15,16)11(12(18)19)17-13(20)21-9-10-6-4-3-5-7-10/h3-7,11H,2,8-9H2,1H3,(H,17,20)(H,18,19)/t11-/m1/s1. The molecule has 0 saturated heterocycles. The Morgan fingerprint density at radius 3 is 2.48 bits per heavy atom. The average molecular weight is 301 g/mol. The van der Waals surface area contributed by atoms with E-state index in [0.29, 0.717) is 5.56 Å². The van der Waals surface area contributed by atoms with Crippen LogP contribution in [0.1, 0.15) is 25.3 Å². The minimum atomic E-state index is -3.54. The van der Waals surface area contributed by atoms with E-state index in [0.717, 1.165) is 0 Å². The maximum absolute atomic E-state index is 13.6. The van der Waals surface area contributed by atoms with E-state index >= 15 is 0 Å². The maximum Gasteiger partial charge on any atom is 0.408 e. The molecule has 0 aromatic heterocycles. The number of carboxylic acids is 1. The summed E-state index contributed by atoms with van der Waals surface area (Å²) < 4.78 is 32.0. The third-order valence-corrected chi connectivity index (χ3v) is 2.73. The van der Waals surface area contributed by atoms with Crippen molar-refractivity contribution in [2.75, 3.05) is 0 Å². The minimum absolute atomic E-state index is 0.0948. The predicted octanol–water partition coefficient (Wildman–Crippen LogP) is 2.80. The molecule has 0 fully saturated rings. The Balaban J connectivity index is 2.59. The van der Waals surface area contributed by atoms with Crippen molar-refractivity contribution in [3.8, 4) is 0 Å². The number of rotatable bonds is 7. The van der Waals surface area contributed by atoms with Crippen molar-refractivity contribution in [1.29, 1.82) is 0 Å². The lowest BCUT2D eigenvalue weighted by atomic mass is 10.1. The van der Waals surface area contributed by atoms with E-state index in [4.69, 9.17) is 9.84 Å². The number of benzene rings is 1. The first kappa shape index (κ1) is 16.9. The Labute approximate surface area is 120 Å². The Hall–Kier alpha value is -2.18. The van der Waals surface area contributed by atoms with Gasteiger partial charge in [0.25, 0.3) is 5.92 Å². The molecule has 7 heteroatoms. The van der Waals surface area contributed by atoms with Crippen molar-refractivity contribution in [3.05, 3.63) is 35.9 Å². The highest BCUT2D eigenvalue weighted by molar-refractivity contribution is 5.81. The van der Waals surface area contributed by atoms with E-state index in [1.54, 1.807) is 35.6 Å². The SMILES string of the molecule is CCCC(F)(F)[C@H](NC(=O)OCc1ccccc1)C(=O)O. The lowest BCUT2D eigenvalue weighted by Gasteiger charge is -2.23. The van der Waals surface area contributed by atoms with Gasteiger partial charge in [-0.25, -0.2) is 18.4 Å². The molecule has 1 aromatic carbocycles. The second-order valence-corrected chi connectivity index (χ2v) is 4.49. The molecule has 1 rings (SSSR count). The van der Waals surface area contributed by atoms with Gasteiger partial charge < -0.3 is 15.2 Å². The highest BCUT2D eigenvalue weighted by Gasteiger charge is 2.45. The van der Waals surface area contributed by atoms with Gasteiger partial charge in [0.15, 0.2) is 6.04 Å². The van der Waals surface area contributed by atoms with Crippen molar-refractivity contribution in [2.45, 2.75) is 38.3 Å². The number of halogens is 2. The molecule has 1 aromatic rings. The molecular weight excluding hydrogens is 284 g/mol. The van der Waals surface area contributed by atoms with Crippen LogP contribution in [-0.2, 0) is 16.1 Å². The molecule has 0 radical (unpaired) electrons. The van der Waals surface area contributed by atoms with E-state index in [2.05, 4.69) is 0 Å². The third kappa shape index (κ3) is 5.37. The van der Waals surface area contributed by atoms with Crippen LogP contribution in [0.5, 0.6) is 0 Å². The quantitative estimate of drug-likeness (QED) is 0.812. The molecule has 1 atom stereocenters. The van der Waals surface area contributed by atoms with Gasteiger partial charge in [0.2, 0.25) is 0 Å². The monoisotopic (exact) mass is 301 g/mol. The van der Waals surface area contributed by atoms with Crippen molar-refractivity contribution in [3.63, 3.8) is 0 Å². The number of ether oxygens (including phenoxy) is 1. The summed E-state index contributed by atoms with van der Waals surface area (Å²) in [5, 5.41) is 10.5. The summed E-state index contributed by atoms with van der Waals surface area (Å²) in [7, 11) is 0. The Bertz CT molecular complexity index is 479. The van der Waals surface area contributed by atoms with Crippen molar-refractivity contribution in [1.82, 2.24) is 5.32 Å². The lowest BCUT2D eigenvalue weighted by molar-refractivity contribution is -0.151. The van der Waals surface area contributed by atoms with E-state index in [-0.39, 0.29) is 13.0 Å². The summed E-state index contributed by atoms with van der Waals surface area (Å²) in [5.74, 6) is -5.34. The molecule has 0 aliphatic heterocycles. The zero-order valence-corrected chi connectivity index (χ0v) is 11.5. The van der Waals surface area contributed by atoms with Gasteiger partial charge in [0.1, 0.15) is 6.61 Å². The summed E-state index contributed by atoms with van der Waals surface area (Å²) in [6.07, 6.45) is -1.73. The number of carbonyl (C=O) groups excluding carboxylic acids is 1. The summed E-state index contributed by atoms with van der Waals surface area (Å²) in [5.41, 5.74) is 0.667. The number of aliphatic carboxylic acids is 1. The number of hydrogen-bond donors (Lipinski definition) is 2. The van der Waals surface area contributed by atoms with Crippen molar-refractivity contribution < 1.29 is 28.2 Å². The highest BCUT2D eigenvalue weighted by Crippen LogP contribution is 2.25. The molecule has 0 aliphatic rings. The first-order valence-corrected chi connectivity index (χ1v) is 6.44. The fourth-order valence-electron chi connectivity index (χ4n) is 1.71. The van der Waals surface area contributed by atoms with Gasteiger partial charge in [-0.3, -0.25) is 0 Å². The number of amides is 1. The van der Waals surface area contributed by atoms with E-state index in [1.807, 2.05) is 0 Å². The Morgan fingerprint density at radius 1 is 1.33 bits per heavy atom. The second kappa shape index (κ2) is 7.56. The molecule has 1 amide bonds. The molecule has 0 heterocycles. The number of alkyl carbamates (subject to hydrolysis) is 1. The highest BCUT2D eigenvalue weighted by atomic mass is 19.3. The van der Waals surface area contributed by atoms with E-state index < -0.39 is 30.4 Å². The molecule has 0 saturated carbocycles. The molecular formula is C14H17F2NO4. The molecule has 21 heavy (non-hydrogen) atoms. The minimum Gasteiger partial charge on any atom is -0.480 e. The zero-order chi connectivity index (χ0) is 15.9. The van der Waals surface area contributed by atoms with Gasteiger partial charge >= 0.3 is 12.1 Å². The number of carboxylic acid groups (broad SMARTS) is 1. The van der Waals surface area contributed by atoms with Crippen LogP contribution in [0.4, 0.5) is 13.6 Å². The summed E-state index contributed by atoms with van der Waals surface area (Å²) in [4.78, 5) is 22.3. The van der Waals surface area contributed by atoms with Gasteiger partial charge in [0.05, 0.1) is 0 Å². The zero-order valence-electron chi connectivity index (χ0n) is 11.5. The predicted molar refractivity (Wildman–Crippen MR) is 71.0 cm³/mol. The summed E-state index contributed by atoms with van der Waals surface area (Å²) in [6.45, 7) is 1.37. The van der Waals surface area contributed by atoms with E-state index in [9.17, 15) is 18.4 Å². The summed E-state index contributed by atoms with van der Waals surface area (Å²) >= 11 is 0. The number of hydrogen-bond acceptors (Lipinski definition) is 3. The number of carbonyl (C=O) groups is 2. The van der Waals surface area contributed by atoms with Crippen LogP contribution in [0, 0.1) is 0 Å². The third-order valence-electron chi connectivity index (χ3n) is 2.73. The van der Waals surface area contributed by atoms with E-state index in [1.165, 1.54) is 6.92 Å². The van der Waals surface area contributed by atoms with Crippen molar-refractivity contribution >= 4 is 12.1 Å². The van der Waals surface area contributed by atoms with Crippen LogP contribution in [0.15, 0.2) is 30.3 Å². The van der Waals surface area contributed by atoms with Crippen molar-refractivity contribution in [2.24, 2.45) is 0 Å². The first-order valence-electron chi connectivity index (χ1n) is 6.44. The topological polar surface area (TPSA) is 75.6 Å². The van der Waals surface area contributed by atoms with Crippen LogP contribution >= 0.6 is 0 Å². The summed E-state index contributed by atoms with van der Waals surface area (Å²) in [6, 6.07) is 6.30. The normalized spacial score (nSPS) is 12.5. The fourth-order valence-corrected chi connectivity index (χ4v) is 1.71. The molecule has 116 valence electrons. The fraction of sp³-hybridized carbons (Fsp3) is 0.429. The van der Waals surface area contributed by atoms with Gasteiger partial charge in [0, 0.05) is 6.42 Å². The number of nitrogens with one attached hydrogen (secondary N) is 1. The van der Waals surface area contributed by atoms with Crippen LogP contribution < -0.4 is 5.32 Å². The molecule has 0 aliphatic carbocycles. The van der Waals surface area contributed by atoms with Crippen LogP contribution in [0.25, 0.3) is 0 Å².